The van der Waals surface area contributed by atoms with Crippen LogP contribution in [0, 0.1) is 6.92 Å². The summed E-state index contributed by atoms with van der Waals surface area (Å²) in [5.41, 5.74) is 3.51. The molecular weight excluding hydrogens is 186 g/mol. The van der Waals surface area contributed by atoms with Gasteiger partial charge in [0.15, 0.2) is 0 Å². The van der Waals surface area contributed by atoms with E-state index >= 15 is 0 Å². The van der Waals surface area contributed by atoms with Crippen molar-refractivity contribution in [1.29, 1.82) is 0 Å². The first-order chi connectivity index (χ1) is 7.24. The monoisotopic (exact) mass is 205 g/mol. The van der Waals surface area contributed by atoms with Gasteiger partial charge in [0.2, 0.25) is 0 Å². The fourth-order valence-electron chi connectivity index (χ4n) is 1.55. The average molecular weight is 205 g/mol. The van der Waals surface area contributed by atoms with Crippen molar-refractivity contribution in [2.45, 2.75) is 27.3 Å². The summed E-state index contributed by atoms with van der Waals surface area (Å²) in [5, 5.41) is 3.29. The maximum atomic E-state index is 4.29. The van der Waals surface area contributed by atoms with Gasteiger partial charge in [0.1, 0.15) is 5.82 Å². The van der Waals surface area contributed by atoms with E-state index in [9.17, 15) is 0 Å². The van der Waals surface area contributed by atoms with Gasteiger partial charge < -0.3 is 10.3 Å². The SMILES string of the molecule is C=Cc1c(/N=C\C)[nH]c(CNCC)c1C. The number of aromatic amines is 1. The van der Waals surface area contributed by atoms with Crippen LogP contribution in [0.25, 0.3) is 6.08 Å². The summed E-state index contributed by atoms with van der Waals surface area (Å²) in [6, 6.07) is 0. The molecule has 82 valence electrons. The van der Waals surface area contributed by atoms with Crippen LogP contribution >= 0.6 is 0 Å². The zero-order chi connectivity index (χ0) is 11.3. The van der Waals surface area contributed by atoms with E-state index in [2.05, 4.69) is 35.7 Å². The Morgan fingerprint density at radius 2 is 2.27 bits per heavy atom. The maximum Gasteiger partial charge on any atom is 0.137 e. The quantitative estimate of drug-likeness (QED) is 0.713. The molecule has 0 aliphatic rings. The third-order valence-corrected chi connectivity index (χ3v) is 2.40. The lowest BCUT2D eigenvalue weighted by molar-refractivity contribution is 0.711. The molecule has 0 fully saturated rings. The first kappa shape index (κ1) is 11.7. The standard InChI is InChI=1S/C12H19N3/c1-5-10-9(4)11(8-13-6-2)15-12(10)14-7-3/h5,7,13,15H,1,6,8H2,2-4H3/b14-7-. The zero-order valence-electron chi connectivity index (χ0n) is 9.72. The van der Waals surface area contributed by atoms with E-state index in [1.54, 1.807) is 6.21 Å². The van der Waals surface area contributed by atoms with Crippen LogP contribution in [-0.4, -0.2) is 17.7 Å². The van der Waals surface area contributed by atoms with E-state index in [1.807, 2.05) is 13.0 Å². The van der Waals surface area contributed by atoms with Gasteiger partial charge in [0, 0.05) is 24.0 Å². The number of aliphatic imine (C=N–C) groups is 1. The number of nitrogens with zero attached hydrogens (tertiary/aromatic N) is 1. The second-order valence-corrected chi connectivity index (χ2v) is 3.36. The summed E-state index contributed by atoms with van der Waals surface area (Å²) in [5.74, 6) is 0.901. The first-order valence-electron chi connectivity index (χ1n) is 5.27. The number of rotatable bonds is 5. The lowest BCUT2D eigenvalue weighted by atomic mass is 10.1. The Hall–Kier alpha value is -1.35. The molecule has 0 saturated carbocycles. The number of H-pyrrole nitrogens is 1. The van der Waals surface area contributed by atoms with E-state index in [-0.39, 0.29) is 0 Å². The highest BCUT2D eigenvalue weighted by atomic mass is 15.0. The van der Waals surface area contributed by atoms with Crippen LogP contribution in [0.2, 0.25) is 0 Å². The normalized spacial score (nSPS) is 11.1. The molecule has 3 nitrogen and oxygen atoms in total. The third kappa shape index (κ3) is 2.57. The molecule has 2 N–H and O–H groups in total. The van der Waals surface area contributed by atoms with Gasteiger partial charge in [-0.1, -0.05) is 19.6 Å². The Balaban J connectivity index is 3.03. The van der Waals surface area contributed by atoms with Gasteiger partial charge in [-0.2, -0.15) is 0 Å². The minimum absolute atomic E-state index is 0.850. The van der Waals surface area contributed by atoms with Crippen molar-refractivity contribution < 1.29 is 0 Å². The third-order valence-electron chi connectivity index (χ3n) is 2.40. The van der Waals surface area contributed by atoms with Crippen molar-refractivity contribution in [3.8, 4) is 0 Å². The van der Waals surface area contributed by atoms with Gasteiger partial charge in [-0.3, -0.25) is 0 Å². The van der Waals surface area contributed by atoms with Gasteiger partial charge in [-0.25, -0.2) is 4.99 Å². The molecule has 1 aromatic heterocycles. The van der Waals surface area contributed by atoms with Crippen molar-refractivity contribution in [1.82, 2.24) is 10.3 Å². The van der Waals surface area contributed by atoms with Gasteiger partial charge >= 0.3 is 0 Å². The summed E-state index contributed by atoms with van der Waals surface area (Å²) in [6.45, 7) is 11.7. The Labute approximate surface area is 91.3 Å². The molecule has 0 bridgehead atoms. The number of nitrogens with one attached hydrogen (secondary N) is 2. The lowest BCUT2D eigenvalue weighted by Crippen LogP contribution is -2.12. The van der Waals surface area contributed by atoms with Gasteiger partial charge in [-0.15, -0.1) is 0 Å². The minimum Gasteiger partial charge on any atom is -0.342 e. The van der Waals surface area contributed by atoms with Crippen molar-refractivity contribution in [3.05, 3.63) is 23.4 Å². The largest absolute Gasteiger partial charge is 0.342 e. The first-order valence-corrected chi connectivity index (χ1v) is 5.27. The molecule has 0 saturated heterocycles. The molecule has 1 rings (SSSR count). The van der Waals surface area contributed by atoms with Crippen LogP contribution in [0.4, 0.5) is 5.82 Å². The van der Waals surface area contributed by atoms with Crippen LogP contribution in [-0.2, 0) is 6.54 Å². The second kappa shape index (κ2) is 5.51. The van der Waals surface area contributed by atoms with Crippen LogP contribution in [0.1, 0.15) is 30.7 Å². The summed E-state index contributed by atoms with van der Waals surface area (Å²) in [7, 11) is 0. The maximum absolute atomic E-state index is 4.29. The van der Waals surface area contributed by atoms with E-state index in [1.165, 1.54) is 11.3 Å². The van der Waals surface area contributed by atoms with Crippen LogP contribution in [0.5, 0.6) is 0 Å². The molecule has 15 heavy (non-hydrogen) atoms. The average Bonchev–Trinajstić information content (AvgIpc) is 2.52. The molecule has 0 spiro atoms. The number of aromatic nitrogens is 1. The van der Waals surface area contributed by atoms with Crippen molar-refractivity contribution in [3.63, 3.8) is 0 Å². The molecule has 0 aliphatic heterocycles. The summed E-state index contributed by atoms with van der Waals surface area (Å²) in [6.07, 6.45) is 3.64. The zero-order valence-corrected chi connectivity index (χ0v) is 9.72. The molecule has 0 aliphatic carbocycles. The van der Waals surface area contributed by atoms with E-state index in [4.69, 9.17) is 0 Å². The predicted molar refractivity (Wildman–Crippen MR) is 66.8 cm³/mol. The molecule has 0 amide bonds. The number of hydrogen-bond donors (Lipinski definition) is 2. The predicted octanol–water partition coefficient (Wildman–Crippen LogP) is 2.80. The smallest absolute Gasteiger partial charge is 0.137 e. The Morgan fingerprint density at radius 3 is 2.80 bits per heavy atom. The van der Waals surface area contributed by atoms with E-state index in [0.717, 1.165) is 24.5 Å². The van der Waals surface area contributed by atoms with Gasteiger partial charge in [0.05, 0.1) is 0 Å². The summed E-state index contributed by atoms with van der Waals surface area (Å²) >= 11 is 0. The highest BCUT2D eigenvalue weighted by Gasteiger charge is 2.09. The van der Waals surface area contributed by atoms with Crippen LogP contribution < -0.4 is 5.32 Å². The van der Waals surface area contributed by atoms with Crippen molar-refractivity contribution in [2.75, 3.05) is 6.54 Å². The van der Waals surface area contributed by atoms with E-state index in [0.29, 0.717) is 0 Å². The molecule has 0 unspecified atom stereocenters. The Kier molecular flexibility index (Phi) is 4.31. The van der Waals surface area contributed by atoms with Crippen molar-refractivity contribution >= 4 is 18.1 Å². The Bertz CT molecular complexity index is 361. The highest BCUT2D eigenvalue weighted by Crippen LogP contribution is 2.25. The Morgan fingerprint density at radius 1 is 1.53 bits per heavy atom. The molecule has 1 aromatic rings. The molecule has 0 radical (unpaired) electrons. The van der Waals surface area contributed by atoms with Crippen molar-refractivity contribution in [2.24, 2.45) is 4.99 Å². The minimum atomic E-state index is 0.850. The summed E-state index contributed by atoms with van der Waals surface area (Å²) < 4.78 is 0. The van der Waals surface area contributed by atoms with Gasteiger partial charge in [0.25, 0.3) is 0 Å². The van der Waals surface area contributed by atoms with Gasteiger partial charge in [-0.05, 0) is 26.0 Å². The lowest BCUT2D eigenvalue weighted by Gasteiger charge is -2.00. The fourth-order valence-corrected chi connectivity index (χ4v) is 1.55. The topological polar surface area (TPSA) is 40.2 Å². The fraction of sp³-hybridized carbons (Fsp3) is 0.417. The molecular formula is C12H19N3. The number of hydrogen-bond acceptors (Lipinski definition) is 2. The van der Waals surface area contributed by atoms with Crippen LogP contribution in [0.15, 0.2) is 11.6 Å². The van der Waals surface area contributed by atoms with Crippen LogP contribution in [0.3, 0.4) is 0 Å². The molecule has 3 heteroatoms. The molecule has 1 heterocycles. The molecule has 0 aromatic carbocycles. The second-order valence-electron chi connectivity index (χ2n) is 3.36. The molecule has 0 atom stereocenters. The summed E-state index contributed by atoms with van der Waals surface area (Å²) in [4.78, 5) is 7.59. The van der Waals surface area contributed by atoms with E-state index < -0.39 is 0 Å². The highest BCUT2D eigenvalue weighted by molar-refractivity contribution is 5.70.